The predicted octanol–water partition coefficient (Wildman–Crippen LogP) is -1.30. The van der Waals surface area contributed by atoms with E-state index in [1.54, 1.807) is 0 Å². The molecule has 3 nitrogen and oxygen atoms in total. The minimum atomic E-state index is -4.82. The van der Waals surface area contributed by atoms with E-state index in [2.05, 4.69) is 0 Å². The van der Waals surface area contributed by atoms with Crippen LogP contribution >= 0.6 is 0 Å². The van der Waals surface area contributed by atoms with Gasteiger partial charge in [0.2, 0.25) is 0 Å². The van der Waals surface area contributed by atoms with E-state index < -0.39 is 53.7 Å². The number of hydrogen-bond acceptors (Lipinski definition) is 2. The standard InChI is InChI=1S/C7H11F5O3S.Li.H/c8-2-1-4(9)6(11)7(12)5(10)3-16(13,14)15;;/h4-7H,1-3H2,(H,13,14,15);;/q;+1;-1. The van der Waals surface area contributed by atoms with Gasteiger partial charge in [0.25, 0.3) is 10.1 Å². The molecule has 0 fully saturated rings. The van der Waals surface area contributed by atoms with Crippen LogP contribution in [0.15, 0.2) is 0 Å². The molecule has 0 saturated heterocycles. The van der Waals surface area contributed by atoms with E-state index in [1.165, 1.54) is 0 Å². The summed E-state index contributed by atoms with van der Waals surface area (Å²) >= 11 is 0. The first-order valence-corrected chi connectivity index (χ1v) is 5.87. The van der Waals surface area contributed by atoms with Crippen LogP contribution in [0.25, 0.3) is 0 Å². The van der Waals surface area contributed by atoms with Crippen LogP contribution in [0, 0.1) is 0 Å². The summed E-state index contributed by atoms with van der Waals surface area (Å²) in [4.78, 5) is 0. The van der Waals surface area contributed by atoms with E-state index >= 15 is 0 Å². The Morgan fingerprint density at radius 2 is 1.47 bits per heavy atom. The Labute approximate surface area is 109 Å². The molecule has 1 N–H and O–H groups in total. The summed E-state index contributed by atoms with van der Waals surface area (Å²) in [5, 5.41) is 0. The fourth-order valence-corrected chi connectivity index (χ4v) is 1.54. The van der Waals surface area contributed by atoms with Crippen molar-refractivity contribution in [2.75, 3.05) is 12.4 Å². The van der Waals surface area contributed by atoms with Gasteiger partial charge in [-0.25, -0.2) is 17.6 Å². The molecule has 0 bridgehead atoms. The van der Waals surface area contributed by atoms with E-state index in [0.717, 1.165) is 0 Å². The first-order chi connectivity index (χ1) is 7.19. The molecule has 4 atom stereocenters. The number of hydrogen-bond donors (Lipinski definition) is 1. The monoisotopic (exact) mass is 278 g/mol. The summed E-state index contributed by atoms with van der Waals surface area (Å²) in [6.07, 6.45) is -12.4. The summed E-state index contributed by atoms with van der Waals surface area (Å²) in [6, 6.07) is 0. The largest absolute Gasteiger partial charge is 1.00 e. The predicted molar refractivity (Wildman–Crippen MR) is 47.7 cm³/mol. The van der Waals surface area contributed by atoms with Gasteiger partial charge in [-0.2, -0.15) is 8.42 Å². The Kier molecular flexibility index (Phi) is 9.51. The van der Waals surface area contributed by atoms with Gasteiger partial charge in [-0.1, -0.05) is 0 Å². The first kappa shape index (κ1) is 19.5. The third-order valence-electron chi connectivity index (χ3n) is 1.75. The molecule has 0 rings (SSSR count). The van der Waals surface area contributed by atoms with Crippen LogP contribution in [0.2, 0.25) is 0 Å². The molecule has 17 heavy (non-hydrogen) atoms. The molecule has 4 unspecified atom stereocenters. The summed E-state index contributed by atoms with van der Waals surface area (Å²) in [7, 11) is -4.82. The molecular formula is C7H12F5LiO3S. The average molecular weight is 278 g/mol. The van der Waals surface area contributed by atoms with Crippen molar-refractivity contribution in [3.8, 4) is 0 Å². The Balaban J connectivity index is -0.00000112. The van der Waals surface area contributed by atoms with Crippen LogP contribution in [0.1, 0.15) is 7.85 Å². The fraction of sp³-hybridized carbons (Fsp3) is 1.00. The zero-order valence-electron chi connectivity index (χ0n) is 9.99. The molecule has 0 saturated carbocycles. The van der Waals surface area contributed by atoms with Crippen LogP contribution in [-0.2, 0) is 10.1 Å². The summed E-state index contributed by atoms with van der Waals surface area (Å²) < 4.78 is 90.9. The average Bonchev–Trinajstić information content (AvgIpc) is 2.13. The second-order valence-electron chi connectivity index (χ2n) is 3.15. The minimum absolute atomic E-state index is 0. The van der Waals surface area contributed by atoms with Crippen molar-refractivity contribution >= 4 is 10.1 Å². The molecule has 10 heteroatoms. The van der Waals surface area contributed by atoms with Gasteiger partial charge in [0, 0.05) is 6.42 Å². The molecule has 0 aromatic rings. The van der Waals surface area contributed by atoms with Crippen LogP contribution in [-0.4, -0.2) is 50.1 Å². The maximum atomic E-state index is 12.8. The molecule has 0 aliphatic rings. The van der Waals surface area contributed by atoms with E-state index in [1.807, 2.05) is 0 Å². The Morgan fingerprint density at radius 1 is 1.06 bits per heavy atom. The van der Waals surface area contributed by atoms with Crippen molar-refractivity contribution in [2.45, 2.75) is 31.1 Å². The van der Waals surface area contributed by atoms with Crippen LogP contribution in [0.5, 0.6) is 0 Å². The van der Waals surface area contributed by atoms with Crippen molar-refractivity contribution in [2.24, 2.45) is 0 Å². The van der Waals surface area contributed by atoms with Crippen molar-refractivity contribution < 1.29 is 55.2 Å². The van der Waals surface area contributed by atoms with Gasteiger partial charge >= 0.3 is 18.9 Å². The molecule has 100 valence electrons. The van der Waals surface area contributed by atoms with Crippen molar-refractivity contribution in [1.82, 2.24) is 0 Å². The number of alkyl halides is 5. The third-order valence-corrected chi connectivity index (χ3v) is 2.49. The molecular weight excluding hydrogens is 266 g/mol. The number of halogens is 5. The topological polar surface area (TPSA) is 54.4 Å². The molecule has 0 radical (unpaired) electrons. The van der Waals surface area contributed by atoms with Gasteiger partial charge < -0.3 is 1.43 Å². The third kappa shape index (κ3) is 7.97. The molecule has 0 amide bonds. The number of rotatable bonds is 7. The van der Waals surface area contributed by atoms with Crippen molar-refractivity contribution in [3.63, 3.8) is 0 Å². The molecule has 0 aliphatic carbocycles. The summed E-state index contributed by atoms with van der Waals surface area (Å²) in [6.45, 7) is -1.25. The van der Waals surface area contributed by atoms with Gasteiger partial charge in [-0.3, -0.25) is 8.94 Å². The maximum absolute atomic E-state index is 12.8. The minimum Gasteiger partial charge on any atom is -1.00 e. The molecule has 0 aromatic carbocycles. The van der Waals surface area contributed by atoms with E-state index in [9.17, 15) is 30.4 Å². The summed E-state index contributed by atoms with van der Waals surface area (Å²) in [5.74, 6) is -1.67. The van der Waals surface area contributed by atoms with Crippen LogP contribution in [0.4, 0.5) is 22.0 Å². The van der Waals surface area contributed by atoms with Gasteiger partial charge in [-0.15, -0.1) is 0 Å². The zero-order chi connectivity index (χ0) is 12.9. The zero-order valence-corrected chi connectivity index (χ0v) is 9.81. The Bertz CT molecular complexity index is 307. The quantitative estimate of drug-likeness (QED) is 0.358. The van der Waals surface area contributed by atoms with E-state index in [4.69, 9.17) is 4.55 Å². The molecule has 0 spiro atoms. The van der Waals surface area contributed by atoms with E-state index in [-0.39, 0.29) is 20.3 Å². The van der Waals surface area contributed by atoms with Gasteiger partial charge in [0.15, 0.2) is 18.5 Å². The molecule has 0 heterocycles. The fourth-order valence-electron chi connectivity index (χ4n) is 0.956. The maximum Gasteiger partial charge on any atom is 1.00 e. The van der Waals surface area contributed by atoms with Crippen LogP contribution in [0.3, 0.4) is 0 Å². The van der Waals surface area contributed by atoms with Crippen molar-refractivity contribution in [3.05, 3.63) is 0 Å². The summed E-state index contributed by atoms with van der Waals surface area (Å²) in [5.41, 5.74) is 0. The second-order valence-corrected chi connectivity index (χ2v) is 4.64. The Hall–Kier alpha value is 0.157. The Morgan fingerprint density at radius 3 is 1.82 bits per heavy atom. The molecule has 0 aliphatic heterocycles. The van der Waals surface area contributed by atoms with Gasteiger partial charge in [0.1, 0.15) is 11.9 Å². The smallest absolute Gasteiger partial charge is 1.00 e. The van der Waals surface area contributed by atoms with E-state index in [0.29, 0.717) is 0 Å². The second kappa shape index (κ2) is 8.29. The first-order valence-electron chi connectivity index (χ1n) is 4.26. The van der Waals surface area contributed by atoms with Crippen LogP contribution < -0.4 is 18.9 Å². The normalized spacial score (nSPS) is 18.9. The van der Waals surface area contributed by atoms with Gasteiger partial charge in [-0.05, 0) is 0 Å². The molecule has 0 aromatic heterocycles. The van der Waals surface area contributed by atoms with Crippen molar-refractivity contribution in [1.29, 1.82) is 0 Å². The SMILES string of the molecule is O=S(=O)(O)CC(F)C(F)C(F)C(F)CCF.[H-].[Li+]. The van der Waals surface area contributed by atoms with Gasteiger partial charge in [0.05, 0.1) is 6.67 Å².